The minimum Gasteiger partial charge on any atom is -0.344 e. The second-order valence-electron chi connectivity index (χ2n) is 5.05. The third kappa shape index (κ3) is 75.3. The molecule has 138 valence electrons. The van der Waals surface area contributed by atoms with Gasteiger partial charge in [-0.25, -0.2) is 0 Å². The summed E-state index contributed by atoms with van der Waals surface area (Å²) in [5.74, 6) is 0.852. The summed E-state index contributed by atoms with van der Waals surface area (Å²) < 4.78 is 0.354. The predicted octanol–water partition coefficient (Wildman–Crippen LogP) is 8.98. The zero-order valence-corrected chi connectivity index (χ0v) is 18.9. The molecule has 0 amide bonds. The number of alkyl halides is 2. The Kier molecular flexibility index (Phi) is 60.0. The van der Waals surface area contributed by atoms with Crippen molar-refractivity contribution < 1.29 is 0 Å². The molecular formula is C17H44Br3N. The van der Waals surface area contributed by atoms with Crippen molar-refractivity contribution in [2.75, 3.05) is 5.33 Å². The van der Waals surface area contributed by atoms with E-state index in [2.05, 4.69) is 80.0 Å². The molecule has 1 nitrogen and oxygen atoms in total. The lowest BCUT2D eigenvalue weighted by Crippen LogP contribution is -2.04. The Morgan fingerprint density at radius 1 is 1.14 bits per heavy atom. The van der Waals surface area contributed by atoms with Gasteiger partial charge in [-0.1, -0.05) is 100 Å². The van der Waals surface area contributed by atoms with Crippen LogP contribution in [-0.2, 0) is 0 Å². The molecule has 0 radical (unpaired) electrons. The van der Waals surface area contributed by atoms with Gasteiger partial charge in [0.2, 0.25) is 0 Å². The molecule has 0 aliphatic carbocycles. The smallest absolute Gasteiger partial charge is 0.0199 e. The molecule has 0 aromatic heterocycles. The maximum Gasteiger partial charge on any atom is 0.0199 e. The van der Waals surface area contributed by atoms with Gasteiger partial charge in [0.25, 0.3) is 0 Å². The molecule has 21 heavy (non-hydrogen) atoms. The lowest BCUT2D eigenvalue weighted by molar-refractivity contribution is 0.641. The van der Waals surface area contributed by atoms with Gasteiger partial charge >= 0.3 is 0 Å². The maximum absolute atomic E-state index is 3.67. The highest BCUT2D eigenvalue weighted by atomic mass is 79.9. The van der Waals surface area contributed by atoms with Crippen LogP contribution in [0.3, 0.4) is 0 Å². The molecule has 0 saturated heterocycles. The first-order valence-corrected chi connectivity index (χ1v) is 8.45. The van der Waals surface area contributed by atoms with Gasteiger partial charge in [-0.15, -0.1) is 23.6 Å². The monoisotopic (exact) mass is 499 g/mol. The highest BCUT2D eigenvalue weighted by Crippen LogP contribution is 2.18. The van der Waals surface area contributed by atoms with Crippen LogP contribution in [0.4, 0.5) is 0 Å². The van der Waals surface area contributed by atoms with Gasteiger partial charge < -0.3 is 6.15 Å². The molecule has 0 saturated carbocycles. The average Bonchev–Trinajstić information content (AvgIpc) is 2.28. The Balaban J connectivity index is -0.0000000257. The fraction of sp³-hybridized carbons (Fsp3) is 0.882. The van der Waals surface area contributed by atoms with Crippen molar-refractivity contribution in [3.05, 3.63) is 12.2 Å². The fourth-order valence-corrected chi connectivity index (χ4v) is 0.567. The van der Waals surface area contributed by atoms with Crippen molar-refractivity contribution in [3.63, 3.8) is 0 Å². The van der Waals surface area contributed by atoms with Crippen LogP contribution in [0.5, 0.6) is 0 Å². The molecule has 0 spiro atoms. The van der Waals surface area contributed by atoms with Gasteiger partial charge in [-0.3, -0.25) is 0 Å². The predicted molar refractivity (Wildman–Crippen MR) is 120 cm³/mol. The molecule has 0 aliphatic rings. The van der Waals surface area contributed by atoms with E-state index in [0.29, 0.717) is 4.32 Å². The number of hydrogen-bond donors (Lipinski definition) is 1. The van der Waals surface area contributed by atoms with Crippen molar-refractivity contribution in [1.29, 1.82) is 0 Å². The highest BCUT2D eigenvalue weighted by molar-refractivity contribution is 9.10. The zero-order valence-electron chi connectivity index (χ0n) is 14.0. The molecule has 4 heteroatoms. The summed E-state index contributed by atoms with van der Waals surface area (Å²) in [5.41, 5.74) is 1.25. The standard InChI is InChI=1S/2C5H11Br.C5H10.2CH4.BrH.H3N/c1-4-5(2,3)6;1-3-5(2)4-6;1-4-5(2)3;;;;/h4H2,1-3H3;5H,3-4H2,1-2H3;2,4H2,1,3H3;2*1H4;1H;1H3. The van der Waals surface area contributed by atoms with E-state index in [0.717, 1.165) is 17.7 Å². The number of allylic oxidation sites excluding steroid dienone is 1. The molecule has 0 aromatic carbocycles. The molecule has 0 rings (SSSR count). The first kappa shape index (κ1) is 43.2. The second kappa shape index (κ2) is 29.2. The van der Waals surface area contributed by atoms with E-state index >= 15 is 0 Å². The molecule has 3 N–H and O–H groups in total. The Hall–Kier alpha value is 1.14. The summed E-state index contributed by atoms with van der Waals surface area (Å²) in [5, 5.41) is 1.14. The van der Waals surface area contributed by atoms with E-state index < -0.39 is 0 Å². The van der Waals surface area contributed by atoms with Crippen LogP contribution in [-0.4, -0.2) is 9.65 Å². The average molecular weight is 502 g/mol. The van der Waals surface area contributed by atoms with Crippen molar-refractivity contribution in [1.82, 2.24) is 6.15 Å². The molecule has 0 aromatic rings. The van der Waals surface area contributed by atoms with E-state index in [4.69, 9.17) is 0 Å². The van der Waals surface area contributed by atoms with Gasteiger partial charge in [0.05, 0.1) is 0 Å². The highest BCUT2D eigenvalue weighted by Gasteiger charge is 2.06. The maximum atomic E-state index is 3.67. The molecule has 1 unspecified atom stereocenters. The lowest BCUT2D eigenvalue weighted by Gasteiger charge is -2.09. The quantitative estimate of drug-likeness (QED) is 0.302. The van der Waals surface area contributed by atoms with E-state index in [1.165, 1.54) is 18.4 Å². The zero-order chi connectivity index (χ0) is 14.5. The van der Waals surface area contributed by atoms with Crippen LogP contribution in [0, 0.1) is 5.92 Å². The van der Waals surface area contributed by atoms with Crippen LogP contribution in [0.2, 0.25) is 0 Å². The fourth-order valence-electron chi connectivity index (χ4n) is 0.109. The van der Waals surface area contributed by atoms with E-state index in [-0.39, 0.29) is 38.0 Å². The Morgan fingerprint density at radius 2 is 1.38 bits per heavy atom. The van der Waals surface area contributed by atoms with E-state index in [1.807, 2.05) is 6.92 Å². The lowest BCUT2D eigenvalue weighted by atomic mass is 10.2. The van der Waals surface area contributed by atoms with Crippen molar-refractivity contribution in [3.8, 4) is 0 Å². The van der Waals surface area contributed by atoms with E-state index in [1.54, 1.807) is 0 Å². The van der Waals surface area contributed by atoms with Crippen LogP contribution < -0.4 is 6.15 Å². The van der Waals surface area contributed by atoms with Crippen LogP contribution in [0.1, 0.15) is 82.6 Å². The van der Waals surface area contributed by atoms with Gasteiger partial charge in [0.15, 0.2) is 0 Å². The molecular weight excluding hydrogens is 458 g/mol. The van der Waals surface area contributed by atoms with Gasteiger partial charge in [-0.05, 0) is 25.7 Å². The number of hydrogen-bond acceptors (Lipinski definition) is 1. The molecule has 1 atom stereocenters. The Bertz CT molecular complexity index is 162. The minimum absolute atomic E-state index is 0. The molecule has 0 aliphatic heterocycles. The van der Waals surface area contributed by atoms with Gasteiger partial charge in [0, 0.05) is 9.65 Å². The topological polar surface area (TPSA) is 35.0 Å². The van der Waals surface area contributed by atoms with Gasteiger partial charge in [-0.2, -0.15) is 0 Å². The summed E-state index contributed by atoms with van der Waals surface area (Å²) >= 11 is 6.85. The SMILES string of the molecule is Br.C.C.C=C(C)CC.CCC(C)(C)Br.CCC(C)CBr.N. The summed E-state index contributed by atoms with van der Waals surface area (Å²) in [6, 6.07) is 0. The Morgan fingerprint density at radius 3 is 1.38 bits per heavy atom. The normalized spacial score (nSPS) is 9.38. The largest absolute Gasteiger partial charge is 0.344 e. The van der Waals surface area contributed by atoms with Crippen LogP contribution >= 0.6 is 48.8 Å². The van der Waals surface area contributed by atoms with Gasteiger partial charge in [0.1, 0.15) is 0 Å². The van der Waals surface area contributed by atoms with Crippen molar-refractivity contribution >= 4 is 48.8 Å². The first-order valence-electron chi connectivity index (χ1n) is 6.53. The minimum atomic E-state index is 0. The third-order valence-corrected chi connectivity index (χ3v) is 4.07. The van der Waals surface area contributed by atoms with Crippen LogP contribution in [0.15, 0.2) is 12.2 Å². The molecule has 0 heterocycles. The Labute approximate surface area is 164 Å². The number of rotatable bonds is 4. The van der Waals surface area contributed by atoms with Crippen molar-refractivity contribution in [2.45, 2.75) is 86.9 Å². The third-order valence-electron chi connectivity index (χ3n) is 2.40. The first-order chi connectivity index (χ1) is 7.64. The van der Waals surface area contributed by atoms with Crippen LogP contribution in [0.25, 0.3) is 0 Å². The van der Waals surface area contributed by atoms with Crippen molar-refractivity contribution in [2.24, 2.45) is 5.92 Å². The summed E-state index contributed by atoms with van der Waals surface area (Å²) in [7, 11) is 0. The summed E-state index contributed by atoms with van der Waals surface area (Å²) in [6.07, 6.45) is 3.58. The number of halogens is 3. The summed E-state index contributed by atoms with van der Waals surface area (Å²) in [6.45, 7) is 18.7. The molecule has 0 fully saturated rings. The molecule has 0 bridgehead atoms. The summed E-state index contributed by atoms with van der Waals surface area (Å²) in [4.78, 5) is 0. The van der Waals surface area contributed by atoms with E-state index in [9.17, 15) is 0 Å². The second-order valence-corrected chi connectivity index (χ2v) is 7.84.